The minimum absolute atomic E-state index is 0.0779. The van der Waals surface area contributed by atoms with E-state index in [1.54, 1.807) is 16.4 Å². The Labute approximate surface area is 187 Å². The van der Waals surface area contributed by atoms with Crippen LogP contribution < -0.4 is 5.56 Å². The average molecular weight is 448 g/mol. The highest BCUT2D eigenvalue weighted by molar-refractivity contribution is 7.20. The van der Waals surface area contributed by atoms with Crippen LogP contribution in [-0.4, -0.2) is 46.0 Å². The van der Waals surface area contributed by atoms with E-state index in [2.05, 4.69) is 32.7 Å². The number of hydrogen-bond acceptors (Lipinski definition) is 6. The normalized spacial score (nSPS) is 14.0. The summed E-state index contributed by atoms with van der Waals surface area (Å²) in [6.45, 7) is 11.6. The fraction of sp³-hybridized carbons (Fsp3) is 0.652. The van der Waals surface area contributed by atoms with Gasteiger partial charge in [-0.05, 0) is 37.2 Å². The summed E-state index contributed by atoms with van der Waals surface area (Å²) in [6.07, 6.45) is 3.84. The summed E-state index contributed by atoms with van der Waals surface area (Å²) in [5.41, 5.74) is 0.515. The zero-order valence-electron chi connectivity index (χ0n) is 19.2. The van der Waals surface area contributed by atoms with Gasteiger partial charge >= 0.3 is 5.97 Å². The Kier molecular flexibility index (Phi) is 7.51. The molecule has 7 nitrogen and oxygen atoms in total. The maximum atomic E-state index is 13.1. The average Bonchev–Trinajstić information content (AvgIpc) is 2.86. The van der Waals surface area contributed by atoms with Crippen molar-refractivity contribution in [2.24, 2.45) is 11.8 Å². The van der Waals surface area contributed by atoms with Gasteiger partial charge in [0.2, 0.25) is 0 Å². The zero-order chi connectivity index (χ0) is 22.7. The van der Waals surface area contributed by atoms with Crippen LogP contribution in [0, 0.1) is 18.8 Å². The number of carbonyl (C=O) groups excluding carboxylic acids is 2. The molecule has 0 fully saturated rings. The number of aryl methyl sites for hydroxylation is 2. The largest absolute Gasteiger partial charge is 0.451 e. The summed E-state index contributed by atoms with van der Waals surface area (Å²) in [5.74, 6) is 0.696. The van der Waals surface area contributed by atoms with E-state index in [1.165, 1.54) is 11.3 Å². The highest BCUT2D eigenvalue weighted by Crippen LogP contribution is 2.29. The summed E-state index contributed by atoms with van der Waals surface area (Å²) < 4.78 is 7.13. The molecule has 1 amide bonds. The Balaban J connectivity index is 1.79. The predicted molar refractivity (Wildman–Crippen MR) is 123 cm³/mol. The molecule has 1 aliphatic rings. The SMILES string of the molecule is Cc1c(C(=O)OCC(=O)N(CC(C)C)CC(C)C)sc2nc3n(c(=O)c12)CCCCC3. The number of amides is 1. The van der Waals surface area contributed by atoms with Crippen LogP contribution in [0.4, 0.5) is 0 Å². The molecule has 0 radical (unpaired) electrons. The molecule has 3 rings (SSSR count). The van der Waals surface area contributed by atoms with Gasteiger partial charge in [0.05, 0.1) is 5.39 Å². The third kappa shape index (κ3) is 5.34. The Morgan fingerprint density at radius 2 is 1.81 bits per heavy atom. The van der Waals surface area contributed by atoms with Crippen molar-refractivity contribution in [1.29, 1.82) is 0 Å². The van der Waals surface area contributed by atoms with Crippen LogP contribution in [-0.2, 0) is 22.5 Å². The first-order valence-corrected chi connectivity index (χ1v) is 12.0. The molecule has 0 aromatic carbocycles. The van der Waals surface area contributed by atoms with E-state index in [-0.39, 0.29) is 18.1 Å². The molecule has 8 heteroatoms. The summed E-state index contributed by atoms with van der Waals surface area (Å²) >= 11 is 1.18. The van der Waals surface area contributed by atoms with Gasteiger partial charge in [-0.2, -0.15) is 0 Å². The molecule has 0 saturated carbocycles. The lowest BCUT2D eigenvalue weighted by molar-refractivity contribution is -0.135. The molecular weight excluding hydrogens is 414 g/mol. The second-order valence-corrected chi connectivity index (χ2v) is 10.2. The van der Waals surface area contributed by atoms with Crippen LogP contribution in [0.1, 0.15) is 68.0 Å². The molecule has 2 aromatic heterocycles. The summed E-state index contributed by atoms with van der Waals surface area (Å²) in [6, 6.07) is 0. The molecule has 2 aromatic rings. The van der Waals surface area contributed by atoms with E-state index in [1.807, 2.05) is 0 Å². The maximum absolute atomic E-state index is 13.1. The number of aromatic nitrogens is 2. The Morgan fingerprint density at radius 1 is 1.13 bits per heavy atom. The fourth-order valence-corrected chi connectivity index (χ4v) is 5.13. The minimum atomic E-state index is -0.567. The van der Waals surface area contributed by atoms with E-state index >= 15 is 0 Å². The lowest BCUT2D eigenvalue weighted by Crippen LogP contribution is -2.39. The highest BCUT2D eigenvalue weighted by Gasteiger charge is 2.24. The van der Waals surface area contributed by atoms with Gasteiger partial charge in [-0.3, -0.25) is 14.2 Å². The lowest BCUT2D eigenvalue weighted by atomic mass is 10.1. The van der Waals surface area contributed by atoms with E-state index in [0.29, 0.717) is 52.1 Å². The molecule has 0 atom stereocenters. The molecule has 0 aliphatic carbocycles. The molecule has 0 spiro atoms. The number of rotatable bonds is 7. The van der Waals surface area contributed by atoms with E-state index < -0.39 is 5.97 Å². The number of ether oxygens (including phenoxy) is 1. The molecule has 0 unspecified atom stereocenters. The number of esters is 1. The van der Waals surface area contributed by atoms with Gasteiger partial charge in [-0.25, -0.2) is 9.78 Å². The fourth-order valence-electron chi connectivity index (χ4n) is 4.05. The Hall–Kier alpha value is -2.22. The van der Waals surface area contributed by atoms with Crippen molar-refractivity contribution in [3.05, 3.63) is 26.6 Å². The van der Waals surface area contributed by atoms with Crippen LogP contribution in [0.15, 0.2) is 4.79 Å². The Bertz CT molecular complexity index is 1010. The van der Waals surface area contributed by atoms with Crippen LogP contribution in [0.2, 0.25) is 0 Å². The van der Waals surface area contributed by atoms with Gasteiger partial charge in [0, 0.05) is 26.1 Å². The summed E-state index contributed by atoms with van der Waals surface area (Å²) in [7, 11) is 0. The number of thiophene rings is 1. The standard InChI is InChI=1S/C23H33N3O4S/c1-14(2)11-25(12-15(3)4)18(27)13-30-23(29)20-16(5)19-21(31-20)24-17-9-7-6-8-10-26(17)22(19)28/h14-15H,6-13H2,1-5H3. The topological polar surface area (TPSA) is 81.5 Å². The molecule has 170 valence electrons. The predicted octanol–water partition coefficient (Wildman–Crippen LogP) is 3.79. The first-order valence-electron chi connectivity index (χ1n) is 11.2. The van der Waals surface area contributed by atoms with Gasteiger partial charge in [-0.15, -0.1) is 11.3 Å². The lowest BCUT2D eigenvalue weighted by Gasteiger charge is -2.26. The monoisotopic (exact) mass is 447 g/mol. The third-order valence-corrected chi connectivity index (χ3v) is 6.61. The molecule has 0 bridgehead atoms. The first-order chi connectivity index (χ1) is 14.7. The van der Waals surface area contributed by atoms with Crippen molar-refractivity contribution in [1.82, 2.24) is 14.5 Å². The summed E-state index contributed by atoms with van der Waals surface area (Å²) in [5, 5.41) is 0.496. The zero-order valence-corrected chi connectivity index (χ0v) is 20.0. The van der Waals surface area contributed by atoms with Gasteiger partial charge in [0.25, 0.3) is 11.5 Å². The number of carbonyl (C=O) groups is 2. The second kappa shape index (κ2) is 9.94. The van der Waals surface area contributed by atoms with Crippen molar-refractivity contribution in [3.63, 3.8) is 0 Å². The minimum Gasteiger partial charge on any atom is -0.451 e. The van der Waals surface area contributed by atoms with Gasteiger partial charge in [0.15, 0.2) is 6.61 Å². The van der Waals surface area contributed by atoms with Crippen molar-refractivity contribution >= 4 is 33.4 Å². The number of nitrogens with zero attached hydrogens (tertiary/aromatic N) is 3. The summed E-state index contributed by atoms with van der Waals surface area (Å²) in [4.78, 5) is 45.9. The van der Waals surface area contributed by atoms with Crippen molar-refractivity contribution in [2.75, 3.05) is 19.7 Å². The highest BCUT2D eigenvalue weighted by atomic mass is 32.1. The van der Waals surface area contributed by atoms with Crippen molar-refractivity contribution in [2.45, 2.75) is 66.8 Å². The molecule has 3 heterocycles. The first kappa shape index (κ1) is 23.4. The maximum Gasteiger partial charge on any atom is 0.349 e. The van der Waals surface area contributed by atoms with Crippen molar-refractivity contribution < 1.29 is 14.3 Å². The number of fused-ring (bicyclic) bond motifs is 2. The van der Waals surface area contributed by atoms with Crippen LogP contribution in [0.3, 0.4) is 0 Å². The third-order valence-electron chi connectivity index (χ3n) is 5.45. The van der Waals surface area contributed by atoms with Crippen LogP contribution in [0.25, 0.3) is 10.2 Å². The smallest absolute Gasteiger partial charge is 0.349 e. The van der Waals surface area contributed by atoms with E-state index in [0.717, 1.165) is 31.5 Å². The van der Waals surface area contributed by atoms with Crippen LogP contribution >= 0.6 is 11.3 Å². The number of hydrogen-bond donors (Lipinski definition) is 0. The van der Waals surface area contributed by atoms with Gasteiger partial charge in [-0.1, -0.05) is 34.1 Å². The molecule has 1 aliphatic heterocycles. The van der Waals surface area contributed by atoms with E-state index in [9.17, 15) is 14.4 Å². The molecule has 0 N–H and O–H groups in total. The van der Waals surface area contributed by atoms with Gasteiger partial charge < -0.3 is 9.64 Å². The quantitative estimate of drug-likeness (QED) is 0.603. The second-order valence-electron chi connectivity index (χ2n) is 9.19. The molecular formula is C23H33N3O4S. The van der Waals surface area contributed by atoms with E-state index in [4.69, 9.17) is 4.74 Å². The molecule has 0 saturated heterocycles. The van der Waals surface area contributed by atoms with Crippen LogP contribution in [0.5, 0.6) is 0 Å². The van der Waals surface area contributed by atoms with Crippen molar-refractivity contribution in [3.8, 4) is 0 Å². The van der Waals surface area contributed by atoms with Gasteiger partial charge in [0.1, 0.15) is 15.5 Å². The Morgan fingerprint density at radius 3 is 2.45 bits per heavy atom. The molecule has 31 heavy (non-hydrogen) atoms.